The van der Waals surface area contributed by atoms with E-state index in [1.165, 1.54) is 38.4 Å². The Morgan fingerprint density at radius 1 is 0.456 bits per heavy atom. The van der Waals surface area contributed by atoms with E-state index in [0.29, 0.717) is 0 Å². The number of benzene rings is 9. The van der Waals surface area contributed by atoms with Gasteiger partial charge in [-0.2, -0.15) is 0 Å². The number of imidazole rings is 1. The van der Waals surface area contributed by atoms with Crippen LogP contribution in [-0.4, -0.2) is 16.7 Å². The lowest BCUT2D eigenvalue weighted by atomic mass is 9.62. The quantitative estimate of drug-likeness (QED) is 0.160. The normalized spacial score (nSPS) is 13.1. The van der Waals surface area contributed by atoms with Crippen LogP contribution in [0.3, 0.4) is 0 Å². The Bertz CT molecular complexity index is 3010. The van der Waals surface area contributed by atoms with Gasteiger partial charge in [-0.3, -0.25) is 4.57 Å². The molecule has 1 aliphatic rings. The highest BCUT2D eigenvalue weighted by atomic mass is 16.5. The minimum atomic E-state index is -0.510. The van der Waals surface area contributed by atoms with Gasteiger partial charge in [0.2, 0.25) is 0 Å². The molecule has 0 atom stereocenters. The summed E-state index contributed by atoms with van der Waals surface area (Å²) in [6, 6.07) is 74.3. The lowest BCUT2D eigenvalue weighted by Gasteiger charge is -2.46. The Morgan fingerprint density at radius 3 is 1.67 bits per heavy atom. The van der Waals surface area contributed by atoms with Gasteiger partial charge in [-0.1, -0.05) is 140 Å². The van der Waals surface area contributed by atoms with E-state index in [-0.39, 0.29) is 0 Å². The van der Waals surface area contributed by atoms with E-state index >= 15 is 0 Å². The first kappa shape index (κ1) is 33.0. The van der Waals surface area contributed by atoms with Gasteiger partial charge < -0.3 is 9.64 Å². The molecule has 57 heavy (non-hydrogen) atoms. The summed E-state index contributed by atoms with van der Waals surface area (Å²) in [5.74, 6) is 1.70. The molecule has 0 N–H and O–H groups in total. The number of aromatic nitrogens is 2. The third-order valence-electron chi connectivity index (χ3n) is 11.8. The third-order valence-corrected chi connectivity index (χ3v) is 11.8. The predicted molar refractivity (Wildman–Crippen MR) is 235 cm³/mol. The largest absolute Gasteiger partial charge is 0.497 e. The Balaban J connectivity index is 1.10. The van der Waals surface area contributed by atoms with E-state index in [1.54, 1.807) is 7.11 Å². The van der Waals surface area contributed by atoms with Crippen molar-refractivity contribution >= 4 is 49.6 Å². The highest BCUT2D eigenvalue weighted by Gasteiger charge is 2.46. The summed E-state index contributed by atoms with van der Waals surface area (Å²) in [5, 5.41) is 4.79. The van der Waals surface area contributed by atoms with Gasteiger partial charge in [-0.25, -0.2) is 4.98 Å². The first-order valence-electron chi connectivity index (χ1n) is 19.4. The van der Waals surface area contributed by atoms with Crippen molar-refractivity contribution in [2.45, 2.75) is 5.41 Å². The molecule has 0 amide bonds. The zero-order valence-electron chi connectivity index (χ0n) is 31.4. The van der Waals surface area contributed by atoms with Crippen molar-refractivity contribution in [3.05, 3.63) is 229 Å². The molecule has 0 unspecified atom stereocenters. The number of hydrogen-bond acceptors (Lipinski definition) is 3. The summed E-state index contributed by atoms with van der Waals surface area (Å²) in [6.07, 6.45) is 0. The Labute approximate surface area is 331 Å². The van der Waals surface area contributed by atoms with Crippen LogP contribution in [0.1, 0.15) is 22.3 Å². The number of rotatable bonds is 6. The third kappa shape index (κ3) is 4.97. The van der Waals surface area contributed by atoms with Gasteiger partial charge in [0.1, 0.15) is 11.6 Å². The van der Waals surface area contributed by atoms with E-state index in [9.17, 15) is 0 Å². The molecule has 1 aromatic heterocycles. The molecule has 4 nitrogen and oxygen atoms in total. The Morgan fingerprint density at radius 2 is 1.02 bits per heavy atom. The van der Waals surface area contributed by atoms with E-state index in [4.69, 9.17) is 9.72 Å². The molecule has 9 aromatic carbocycles. The van der Waals surface area contributed by atoms with E-state index in [1.807, 2.05) is 12.1 Å². The Hall–Kier alpha value is -7.43. The summed E-state index contributed by atoms with van der Waals surface area (Å²) >= 11 is 0. The molecule has 2 heterocycles. The monoisotopic (exact) mass is 731 g/mol. The second kappa shape index (κ2) is 13.1. The van der Waals surface area contributed by atoms with Crippen LogP contribution in [0.25, 0.3) is 49.7 Å². The van der Waals surface area contributed by atoms with Gasteiger partial charge >= 0.3 is 0 Å². The molecule has 0 aliphatic carbocycles. The molecule has 0 radical (unpaired) electrons. The maximum Gasteiger partial charge on any atom is 0.145 e. The fraction of sp³-hybridized carbons (Fsp3) is 0.0377. The van der Waals surface area contributed by atoms with Crippen LogP contribution in [0.4, 0.5) is 17.1 Å². The van der Waals surface area contributed by atoms with Crippen LogP contribution in [0.5, 0.6) is 5.75 Å². The maximum absolute atomic E-state index is 5.54. The minimum absolute atomic E-state index is 0.510. The molecule has 1 aliphatic heterocycles. The number of anilines is 3. The molecule has 0 fully saturated rings. The van der Waals surface area contributed by atoms with Crippen LogP contribution in [-0.2, 0) is 5.41 Å². The number of para-hydroxylation sites is 2. The smallest absolute Gasteiger partial charge is 0.145 e. The molecule has 0 saturated heterocycles. The van der Waals surface area contributed by atoms with Crippen LogP contribution in [0, 0.1) is 0 Å². The zero-order valence-corrected chi connectivity index (χ0v) is 31.4. The van der Waals surface area contributed by atoms with Crippen molar-refractivity contribution in [1.82, 2.24) is 9.55 Å². The minimum Gasteiger partial charge on any atom is -0.497 e. The van der Waals surface area contributed by atoms with Crippen molar-refractivity contribution in [1.29, 1.82) is 0 Å². The maximum atomic E-state index is 5.54. The van der Waals surface area contributed by atoms with Crippen molar-refractivity contribution < 1.29 is 4.74 Å². The standard InChI is InChI=1S/C53H37N3O/c1-57-42-31-29-41(30-32-42)56-50-35-34-44-43-19-9-8-14-36(43)26-33-45(44)51(50)54-52(56)37-24-27-40(28-25-37)55-48-22-12-10-20-46(48)53(38-15-4-2-5-16-38,39-17-6-3-7-18-39)47-21-11-13-23-49(47)55/h2-35H,1H3. The van der Waals surface area contributed by atoms with Crippen LogP contribution >= 0.6 is 0 Å². The first-order chi connectivity index (χ1) is 28.2. The van der Waals surface area contributed by atoms with Crippen molar-refractivity contribution in [3.8, 4) is 22.8 Å². The van der Waals surface area contributed by atoms with Crippen LogP contribution in [0.15, 0.2) is 206 Å². The summed E-state index contributed by atoms with van der Waals surface area (Å²) < 4.78 is 7.82. The van der Waals surface area contributed by atoms with Crippen molar-refractivity contribution in [2.75, 3.05) is 12.0 Å². The number of fused-ring (bicyclic) bond motifs is 7. The summed E-state index contributed by atoms with van der Waals surface area (Å²) in [6.45, 7) is 0. The molecule has 10 aromatic rings. The molecule has 4 heteroatoms. The predicted octanol–water partition coefficient (Wildman–Crippen LogP) is 13.2. The van der Waals surface area contributed by atoms with Crippen molar-refractivity contribution in [2.24, 2.45) is 0 Å². The molecule has 270 valence electrons. The first-order valence-corrected chi connectivity index (χ1v) is 19.4. The second-order valence-corrected chi connectivity index (χ2v) is 14.7. The lowest BCUT2D eigenvalue weighted by Crippen LogP contribution is -2.37. The van der Waals surface area contributed by atoms with Gasteiger partial charge in [0.05, 0.1) is 34.9 Å². The highest BCUT2D eigenvalue weighted by molar-refractivity contribution is 6.16. The molecule has 0 saturated carbocycles. The summed E-state index contributed by atoms with van der Waals surface area (Å²) in [7, 11) is 1.70. The fourth-order valence-corrected chi connectivity index (χ4v) is 9.26. The molecular formula is C53H37N3O. The molecule has 0 spiro atoms. The average molecular weight is 732 g/mol. The SMILES string of the molecule is COc1ccc(-n2c(-c3ccc(N4c5ccccc5C(c5ccccc5)(c5ccccc5)c5ccccc54)cc3)nc3c4ccc5ccccc5c4ccc32)cc1. The Kier molecular flexibility index (Phi) is 7.58. The number of ether oxygens (including phenoxy) is 1. The van der Waals surface area contributed by atoms with Gasteiger partial charge in [-0.15, -0.1) is 0 Å². The topological polar surface area (TPSA) is 30.3 Å². The second-order valence-electron chi connectivity index (χ2n) is 14.7. The van der Waals surface area contributed by atoms with Crippen molar-refractivity contribution in [3.63, 3.8) is 0 Å². The van der Waals surface area contributed by atoms with Gasteiger partial charge in [0, 0.05) is 22.3 Å². The van der Waals surface area contributed by atoms with Crippen LogP contribution < -0.4 is 9.64 Å². The fourth-order valence-electron chi connectivity index (χ4n) is 9.26. The van der Waals surface area contributed by atoms with E-state index in [0.717, 1.165) is 56.3 Å². The van der Waals surface area contributed by atoms with Gasteiger partial charge in [0.15, 0.2) is 0 Å². The highest BCUT2D eigenvalue weighted by Crippen LogP contribution is 2.57. The van der Waals surface area contributed by atoms with Gasteiger partial charge in [-0.05, 0) is 105 Å². The molecular weight excluding hydrogens is 695 g/mol. The number of methoxy groups -OCH3 is 1. The molecule has 0 bridgehead atoms. The summed E-state index contributed by atoms with van der Waals surface area (Å²) in [4.78, 5) is 7.88. The van der Waals surface area contributed by atoms with E-state index < -0.39 is 5.41 Å². The lowest BCUT2D eigenvalue weighted by molar-refractivity contribution is 0.415. The van der Waals surface area contributed by atoms with Crippen LogP contribution in [0.2, 0.25) is 0 Å². The molecule has 11 rings (SSSR count). The summed E-state index contributed by atoms with van der Waals surface area (Å²) in [5.41, 5.74) is 11.9. The van der Waals surface area contributed by atoms with E-state index in [2.05, 4.69) is 204 Å². The number of nitrogens with zero attached hydrogens (tertiary/aromatic N) is 3. The number of hydrogen-bond donors (Lipinski definition) is 0. The average Bonchev–Trinajstić information content (AvgIpc) is 3.69. The van der Waals surface area contributed by atoms with Gasteiger partial charge in [0.25, 0.3) is 0 Å². The zero-order chi connectivity index (χ0) is 37.9.